The van der Waals surface area contributed by atoms with E-state index in [0.29, 0.717) is 10.7 Å². The van der Waals surface area contributed by atoms with Crippen molar-refractivity contribution in [2.45, 2.75) is 38.6 Å². The summed E-state index contributed by atoms with van der Waals surface area (Å²) in [7, 11) is 0. The molecule has 0 aromatic carbocycles. The molecule has 0 atom stereocenters. The zero-order chi connectivity index (χ0) is 12.4. The van der Waals surface area contributed by atoms with Crippen LogP contribution in [0.25, 0.3) is 0 Å². The SMILES string of the molecule is Cc1[nH]c(=O)c(C(=O)NC2CCCC2)cc1Cl. The van der Waals surface area contributed by atoms with E-state index >= 15 is 0 Å². The molecule has 1 aliphatic rings. The third kappa shape index (κ3) is 2.69. The first kappa shape index (κ1) is 12.2. The van der Waals surface area contributed by atoms with Gasteiger partial charge in [0.25, 0.3) is 11.5 Å². The van der Waals surface area contributed by atoms with Gasteiger partial charge >= 0.3 is 0 Å². The molecular weight excluding hydrogens is 240 g/mol. The van der Waals surface area contributed by atoms with Gasteiger partial charge in [-0.15, -0.1) is 0 Å². The first-order valence-corrected chi connectivity index (χ1v) is 6.16. The van der Waals surface area contributed by atoms with Gasteiger partial charge in [0.2, 0.25) is 0 Å². The van der Waals surface area contributed by atoms with Gasteiger partial charge in [-0.3, -0.25) is 9.59 Å². The number of carbonyl (C=O) groups excluding carboxylic acids is 1. The van der Waals surface area contributed by atoms with Crippen molar-refractivity contribution in [3.8, 4) is 0 Å². The monoisotopic (exact) mass is 254 g/mol. The number of H-pyrrole nitrogens is 1. The lowest BCUT2D eigenvalue weighted by atomic mass is 10.2. The Morgan fingerprint density at radius 3 is 2.76 bits per heavy atom. The Morgan fingerprint density at radius 2 is 2.12 bits per heavy atom. The van der Waals surface area contributed by atoms with Crippen molar-refractivity contribution in [3.63, 3.8) is 0 Å². The number of pyridine rings is 1. The fraction of sp³-hybridized carbons (Fsp3) is 0.500. The van der Waals surface area contributed by atoms with Crippen molar-refractivity contribution in [1.82, 2.24) is 10.3 Å². The Morgan fingerprint density at radius 1 is 1.47 bits per heavy atom. The molecule has 4 nitrogen and oxygen atoms in total. The van der Waals surface area contributed by atoms with E-state index in [0.717, 1.165) is 25.7 Å². The minimum Gasteiger partial charge on any atom is -0.349 e. The maximum absolute atomic E-state index is 11.9. The highest BCUT2D eigenvalue weighted by molar-refractivity contribution is 6.31. The zero-order valence-electron chi connectivity index (χ0n) is 9.68. The minimum absolute atomic E-state index is 0.0903. The van der Waals surface area contributed by atoms with Crippen molar-refractivity contribution >= 4 is 17.5 Å². The first-order valence-electron chi connectivity index (χ1n) is 5.78. The molecule has 0 saturated heterocycles. The van der Waals surface area contributed by atoms with Crippen LogP contribution in [-0.4, -0.2) is 16.9 Å². The Hall–Kier alpha value is -1.29. The number of halogens is 1. The molecule has 1 saturated carbocycles. The molecule has 92 valence electrons. The lowest BCUT2D eigenvalue weighted by molar-refractivity contribution is 0.0936. The minimum atomic E-state index is -0.387. The lowest BCUT2D eigenvalue weighted by Gasteiger charge is -2.11. The van der Waals surface area contributed by atoms with Crippen molar-refractivity contribution in [1.29, 1.82) is 0 Å². The molecule has 1 aromatic heterocycles. The molecule has 1 aromatic rings. The molecule has 0 radical (unpaired) electrons. The molecular formula is C12H15ClN2O2. The molecule has 1 heterocycles. The Labute approximate surface area is 104 Å². The summed E-state index contributed by atoms with van der Waals surface area (Å²) in [6.07, 6.45) is 4.25. The van der Waals surface area contributed by atoms with Crippen LogP contribution in [-0.2, 0) is 0 Å². The van der Waals surface area contributed by atoms with E-state index in [1.54, 1.807) is 6.92 Å². The van der Waals surface area contributed by atoms with Crippen LogP contribution < -0.4 is 10.9 Å². The third-order valence-corrected chi connectivity index (χ3v) is 3.50. The van der Waals surface area contributed by atoms with Gasteiger partial charge < -0.3 is 10.3 Å². The molecule has 1 amide bonds. The zero-order valence-corrected chi connectivity index (χ0v) is 10.4. The van der Waals surface area contributed by atoms with Gasteiger partial charge in [0.15, 0.2) is 0 Å². The maximum Gasteiger partial charge on any atom is 0.261 e. The summed E-state index contributed by atoms with van der Waals surface area (Å²) < 4.78 is 0. The number of carbonyl (C=O) groups is 1. The van der Waals surface area contributed by atoms with E-state index < -0.39 is 0 Å². The second-order valence-corrected chi connectivity index (χ2v) is 4.85. The second-order valence-electron chi connectivity index (χ2n) is 4.44. The van der Waals surface area contributed by atoms with E-state index in [9.17, 15) is 9.59 Å². The number of amides is 1. The third-order valence-electron chi connectivity index (χ3n) is 3.11. The van der Waals surface area contributed by atoms with Crippen LogP contribution in [0.5, 0.6) is 0 Å². The van der Waals surface area contributed by atoms with Gasteiger partial charge in [-0.2, -0.15) is 0 Å². The smallest absolute Gasteiger partial charge is 0.261 e. The number of nitrogens with one attached hydrogen (secondary N) is 2. The van der Waals surface area contributed by atoms with Gasteiger partial charge in [0.05, 0.1) is 5.02 Å². The van der Waals surface area contributed by atoms with Gasteiger partial charge in [-0.05, 0) is 25.8 Å². The van der Waals surface area contributed by atoms with Gasteiger partial charge in [0.1, 0.15) is 5.56 Å². The van der Waals surface area contributed by atoms with E-state index in [2.05, 4.69) is 10.3 Å². The fourth-order valence-electron chi connectivity index (χ4n) is 2.10. The fourth-order valence-corrected chi connectivity index (χ4v) is 2.26. The van der Waals surface area contributed by atoms with E-state index in [1.165, 1.54) is 6.07 Å². The van der Waals surface area contributed by atoms with Crippen LogP contribution in [0.4, 0.5) is 0 Å². The van der Waals surface area contributed by atoms with Crippen LogP contribution in [0.15, 0.2) is 10.9 Å². The number of hydrogen-bond acceptors (Lipinski definition) is 2. The predicted molar refractivity (Wildman–Crippen MR) is 66.5 cm³/mol. The predicted octanol–water partition coefficient (Wildman–Crippen LogP) is 2.01. The molecule has 0 spiro atoms. The first-order chi connectivity index (χ1) is 8.08. The Balaban J connectivity index is 2.18. The highest BCUT2D eigenvalue weighted by Gasteiger charge is 2.20. The van der Waals surface area contributed by atoms with Crippen LogP contribution in [0, 0.1) is 6.92 Å². The van der Waals surface area contributed by atoms with Crippen molar-refractivity contribution in [2.24, 2.45) is 0 Å². The summed E-state index contributed by atoms with van der Waals surface area (Å²) >= 11 is 5.90. The average Bonchev–Trinajstić information content (AvgIpc) is 2.76. The lowest BCUT2D eigenvalue weighted by Crippen LogP contribution is -2.36. The molecule has 2 rings (SSSR count). The van der Waals surface area contributed by atoms with Crippen molar-refractivity contribution in [3.05, 3.63) is 32.7 Å². The Bertz CT molecular complexity index is 490. The van der Waals surface area contributed by atoms with Crippen LogP contribution in [0.1, 0.15) is 41.7 Å². The molecule has 0 aliphatic heterocycles. The summed E-state index contributed by atoms with van der Waals surface area (Å²) in [6.45, 7) is 1.70. The van der Waals surface area contributed by atoms with Crippen LogP contribution in [0.2, 0.25) is 5.02 Å². The van der Waals surface area contributed by atoms with Crippen LogP contribution in [0.3, 0.4) is 0 Å². The molecule has 5 heteroatoms. The number of aromatic nitrogens is 1. The van der Waals surface area contributed by atoms with Crippen molar-refractivity contribution in [2.75, 3.05) is 0 Å². The largest absolute Gasteiger partial charge is 0.349 e. The number of rotatable bonds is 2. The van der Waals surface area contributed by atoms with E-state index in [1.807, 2.05) is 0 Å². The van der Waals surface area contributed by atoms with Gasteiger partial charge in [-0.1, -0.05) is 24.4 Å². The quantitative estimate of drug-likeness (QED) is 0.848. The van der Waals surface area contributed by atoms with Crippen LogP contribution >= 0.6 is 11.6 Å². The molecule has 0 bridgehead atoms. The van der Waals surface area contributed by atoms with E-state index in [4.69, 9.17) is 11.6 Å². The van der Waals surface area contributed by atoms with Gasteiger partial charge in [0, 0.05) is 11.7 Å². The second kappa shape index (κ2) is 4.92. The molecule has 2 N–H and O–H groups in total. The summed E-state index contributed by atoms with van der Waals surface area (Å²) in [5, 5.41) is 3.27. The standard InChI is InChI=1S/C12H15ClN2O2/c1-7-10(13)6-9(11(16)14-7)12(17)15-8-4-2-3-5-8/h6,8H,2-5H2,1H3,(H,14,16)(H,15,17). The molecule has 17 heavy (non-hydrogen) atoms. The summed E-state index contributed by atoms with van der Waals surface area (Å²) in [4.78, 5) is 26.1. The number of aryl methyl sites for hydroxylation is 1. The highest BCUT2D eigenvalue weighted by Crippen LogP contribution is 2.18. The number of aromatic amines is 1. The summed E-state index contributed by atoms with van der Waals surface area (Å²) in [5.74, 6) is -0.333. The summed E-state index contributed by atoms with van der Waals surface area (Å²) in [5.41, 5.74) is 0.281. The van der Waals surface area contributed by atoms with E-state index in [-0.39, 0.29) is 23.1 Å². The van der Waals surface area contributed by atoms with Gasteiger partial charge in [-0.25, -0.2) is 0 Å². The average molecular weight is 255 g/mol. The normalized spacial score (nSPS) is 16.1. The van der Waals surface area contributed by atoms with Crippen molar-refractivity contribution < 1.29 is 4.79 Å². The molecule has 1 aliphatic carbocycles. The summed E-state index contributed by atoms with van der Waals surface area (Å²) in [6, 6.07) is 1.63. The Kier molecular flexibility index (Phi) is 3.52. The number of hydrogen-bond donors (Lipinski definition) is 2. The topological polar surface area (TPSA) is 62.0 Å². The maximum atomic E-state index is 11.9. The molecule has 0 unspecified atom stereocenters. The molecule has 1 fully saturated rings. The highest BCUT2D eigenvalue weighted by atomic mass is 35.5.